The number of nitrogens with one attached hydrogen (secondary N) is 2. The van der Waals surface area contributed by atoms with Gasteiger partial charge in [0.25, 0.3) is 15.7 Å². The van der Waals surface area contributed by atoms with Gasteiger partial charge in [0.1, 0.15) is 5.60 Å². The lowest BCUT2D eigenvalue weighted by atomic mass is 10.2. The monoisotopic (exact) mass is 393 g/mol. The molecule has 0 aromatic heterocycles. The van der Waals surface area contributed by atoms with E-state index in [2.05, 4.69) is 10.0 Å². The molecule has 0 aliphatic heterocycles. The van der Waals surface area contributed by atoms with Crippen LogP contribution in [0.15, 0.2) is 53.4 Å². The van der Waals surface area contributed by atoms with Crippen LogP contribution in [0.1, 0.15) is 20.8 Å². The zero-order valence-corrected chi connectivity index (χ0v) is 15.7. The molecular formula is C17H19N3O6S. The minimum absolute atomic E-state index is 0.0319. The van der Waals surface area contributed by atoms with E-state index in [9.17, 15) is 23.3 Å². The van der Waals surface area contributed by atoms with E-state index in [1.54, 1.807) is 20.8 Å². The fraction of sp³-hybridized carbons (Fsp3) is 0.235. The van der Waals surface area contributed by atoms with Crippen LogP contribution in [0.2, 0.25) is 0 Å². The predicted octanol–water partition coefficient (Wildman–Crippen LogP) is 3.74. The van der Waals surface area contributed by atoms with Crippen LogP contribution in [0.3, 0.4) is 0 Å². The van der Waals surface area contributed by atoms with Gasteiger partial charge in [-0.3, -0.25) is 20.2 Å². The molecule has 0 bridgehead atoms. The van der Waals surface area contributed by atoms with Gasteiger partial charge in [-0.05, 0) is 57.2 Å². The van der Waals surface area contributed by atoms with Gasteiger partial charge in [-0.2, -0.15) is 0 Å². The van der Waals surface area contributed by atoms with Crippen molar-refractivity contribution < 1.29 is 22.9 Å². The Bertz CT molecular complexity index is 932. The van der Waals surface area contributed by atoms with Gasteiger partial charge in [-0.25, -0.2) is 13.2 Å². The molecule has 10 heteroatoms. The van der Waals surface area contributed by atoms with Crippen molar-refractivity contribution in [3.05, 3.63) is 58.6 Å². The van der Waals surface area contributed by atoms with Crippen molar-refractivity contribution in [1.82, 2.24) is 0 Å². The first-order valence-corrected chi connectivity index (χ1v) is 9.32. The quantitative estimate of drug-likeness (QED) is 0.588. The predicted molar refractivity (Wildman–Crippen MR) is 100 cm³/mol. The fourth-order valence-electron chi connectivity index (χ4n) is 2.00. The summed E-state index contributed by atoms with van der Waals surface area (Å²) in [4.78, 5) is 21.7. The van der Waals surface area contributed by atoms with Gasteiger partial charge in [-0.1, -0.05) is 0 Å². The van der Waals surface area contributed by atoms with Crippen molar-refractivity contribution in [1.29, 1.82) is 0 Å². The highest BCUT2D eigenvalue weighted by atomic mass is 32.2. The number of amides is 1. The number of anilines is 2. The van der Waals surface area contributed by atoms with Crippen LogP contribution in [0.4, 0.5) is 21.9 Å². The number of nitrogens with zero attached hydrogens (tertiary/aromatic N) is 1. The number of hydrogen-bond donors (Lipinski definition) is 2. The normalized spacial score (nSPS) is 11.5. The zero-order chi connectivity index (χ0) is 20.2. The highest BCUT2D eigenvalue weighted by Crippen LogP contribution is 2.21. The Labute approximate surface area is 156 Å². The van der Waals surface area contributed by atoms with Crippen LogP contribution in [-0.4, -0.2) is 25.0 Å². The number of rotatable bonds is 5. The van der Waals surface area contributed by atoms with Crippen LogP contribution in [0.25, 0.3) is 0 Å². The van der Waals surface area contributed by atoms with Gasteiger partial charge in [0.15, 0.2) is 0 Å². The fourth-order valence-corrected chi connectivity index (χ4v) is 3.06. The number of sulfonamides is 1. The number of carbonyl (C=O) groups excluding carboxylic acids is 1. The first kappa shape index (κ1) is 20.2. The molecule has 2 N–H and O–H groups in total. The summed E-state index contributed by atoms with van der Waals surface area (Å²) in [6, 6.07) is 10.5. The summed E-state index contributed by atoms with van der Waals surface area (Å²) in [5, 5.41) is 13.1. The molecule has 2 rings (SSSR count). The number of carbonyl (C=O) groups is 1. The van der Waals surface area contributed by atoms with E-state index in [1.165, 1.54) is 48.5 Å². The van der Waals surface area contributed by atoms with E-state index in [0.717, 1.165) is 0 Å². The van der Waals surface area contributed by atoms with E-state index >= 15 is 0 Å². The van der Waals surface area contributed by atoms with Crippen LogP contribution < -0.4 is 10.0 Å². The standard InChI is InChI=1S/C17H19N3O6S/c1-17(2,3)26-16(21)18-12-6-10-15(11-7-12)27(24,25)19-13-4-8-14(9-5-13)20(22)23/h4-11,19H,1-3H3,(H,18,21). The first-order valence-electron chi connectivity index (χ1n) is 7.84. The van der Waals surface area contributed by atoms with E-state index in [0.29, 0.717) is 5.69 Å². The van der Waals surface area contributed by atoms with Crippen molar-refractivity contribution in [3.63, 3.8) is 0 Å². The highest BCUT2D eigenvalue weighted by Gasteiger charge is 2.18. The van der Waals surface area contributed by atoms with E-state index in [1.807, 2.05) is 0 Å². The Morgan fingerprint density at radius 2 is 1.52 bits per heavy atom. The van der Waals surface area contributed by atoms with Gasteiger partial charge < -0.3 is 4.74 Å². The molecule has 2 aromatic rings. The Morgan fingerprint density at radius 3 is 2.00 bits per heavy atom. The maximum absolute atomic E-state index is 12.4. The molecular weight excluding hydrogens is 374 g/mol. The Balaban J connectivity index is 2.08. The molecule has 27 heavy (non-hydrogen) atoms. The van der Waals surface area contributed by atoms with Gasteiger partial charge >= 0.3 is 6.09 Å². The summed E-state index contributed by atoms with van der Waals surface area (Å²) in [7, 11) is -3.88. The molecule has 2 aromatic carbocycles. The Kier molecular flexibility index (Phi) is 5.69. The smallest absolute Gasteiger partial charge is 0.412 e. The third-order valence-electron chi connectivity index (χ3n) is 3.14. The van der Waals surface area contributed by atoms with E-state index in [4.69, 9.17) is 4.74 Å². The number of nitro groups is 1. The van der Waals surface area contributed by atoms with Gasteiger partial charge in [0, 0.05) is 23.5 Å². The molecule has 0 atom stereocenters. The molecule has 0 aliphatic carbocycles. The molecule has 1 amide bonds. The van der Waals surface area contributed by atoms with Crippen LogP contribution in [0.5, 0.6) is 0 Å². The van der Waals surface area contributed by atoms with Crippen molar-refractivity contribution >= 4 is 33.2 Å². The van der Waals surface area contributed by atoms with Crippen molar-refractivity contribution in [2.24, 2.45) is 0 Å². The maximum Gasteiger partial charge on any atom is 0.412 e. The largest absolute Gasteiger partial charge is 0.444 e. The minimum Gasteiger partial charge on any atom is -0.444 e. The van der Waals surface area contributed by atoms with Crippen LogP contribution in [0, 0.1) is 10.1 Å². The summed E-state index contributed by atoms with van der Waals surface area (Å²) in [5.74, 6) is 0. The van der Waals surface area contributed by atoms with Crippen molar-refractivity contribution in [2.45, 2.75) is 31.3 Å². The van der Waals surface area contributed by atoms with Crippen molar-refractivity contribution in [3.8, 4) is 0 Å². The van der Waals surface area contributed by atoms with Crippen LogP contribution >= 0.6 is 0 Å². The molecule has 0 unspecified atom stereocenters. The van der Waals surface area contributed by atoms with E-state index < -0.39 is 26.6 Å². The summed E-state index contributed by atoms with van der Waals surface area (Å²) >= 11 is 0. The number of ether oxygens (including phenoxy) is 1. The lowest BCUT2D eigenvalue weighted by Crippen LogP contribution is -2.27. The molecule has 0 saturated carbocycles. The molecule has 0 radical (unpaired) electrons. The second-order valence-electron chi connectivity index (χ2n) is 6.56. The first-order chi connectivity index (χ1) is 12.5. The number of nitro benzene ring substituents is 1. The molecule has 0 saturated heterocycles. The third-order valence-corrected chi connectivity index (χ3v) is 4.54. The minimum atomic E-state index is -3.88. The lowest BCUT2D eigenvalue weighted by molar-refractivity contribution is -0.384. The second-order valence-corrected chi connectivity index (χ2v) is 8.24. The second kappa shape index (κ2) is 7.62. The Hall–Kier alpha value is -3.14. The highest BCUT2D eigenvalue weighted by molar-refractivity contribution is 7.92. The van der Waals surface area contributed by atoms with Crippen molar-refractivity contribution in [2.75, 3.05) is 10.0 Å². The Morgan fingerprint density at radius 1 is 1.00 bits per heavy atom. The van der Waals surface area contributed by atoms with Crippen LogP contribution in [-0.2, 0) is 14.8 Å². The summed E-state index contributed by atoms with van der Waals surface area (Å²) in [6.45, 7) is 5.18. The zero-order valence-electron chi connectivity index (χ0n) is 14.9. The molecule has 0 heterocycles. The summed E-state index contributed by atoms with van der Waals surface area (Å²) < 4.78 is 32.2. The number of benzene rings is 2. The van der Waals surface area contributed by atoms with Gasteiger partial charge in [0.05, 0.1) is 9.82 Å². The maximum atomic E-state index is 12.4. The average Bonchev–Trinajstić information content (AvgIpc) is 2.53. The molecule has 0 aliphatic rings. The summed E-state index contributed by atoms with van der Waals surface area (Å²) in [6.07, 6.45) is -0.651. The average molecular weight is 393 g/mol. The summed E-state index contributed by atoms with van der Waals surface area (Å²) in [5.41, 5.74) is -0.229. The molecule has 0 fully saturated rings. The molecule has 144 valence electrons. The number of non-ortho nitro benzene ring substituents is 1. The third kappa shape index (κ3) is 5.96. The lowest BCUT2D eigenvalue weighted by Gasteiger charge is -2.19. The topological polar surface area (TPSA) is 128 Å². The number of hydrogen-bond acceptors (Lipinski definition) is 6. The van der Waals surface area contributed by atoms with E-state index in [-0.39, 0.29) is 16.3 Å². The molecule has 0 spiro atoms. The van der Waals surface area contributed by atoms with Gasteiger partial charge in [0.2, 0.25) is 0 Å². The van der Waals surface area contributed by atoms with Gasteiger partial charge in [-0.15, -0.1) is 0 Å². The SMILES string of the molecule is CC(C)(C)OC(=O)Nc1ccc(S(=O)(=O)Nc2ccc([N+](=O)[O-])cc2)cc1. The molecule has 9 nitrogen and oxygen atoms in total.